The number of alkyl halides is 3. The average molecular weight is 494 g/mol. The summed E-state index contributed by atoms with van der Waals surface area (Å²) in [6.07, 6.45) is 0.808. The van der Waals surface area contributed by atoms with Gasteiger partial charge in [0.25, 0.3) is 5.91 Å². The van der Waals surface area contributed by atoms with Crippen LogP contribution in [0.3, 0.4) is 0 Å². The molecule has 3 aromatic heterocycles. The Balaban J connectivity index is 1.37. The first-order chi connectivity index (χ1) is 17.2. The third-order valence-corrected chi connectivity index (χ3v) is 6.79. The quantitative estimate of drug-likeness (QED) is 0.414. The van der Waals surface area contributed by atoms with E-state index in [1.54, 1.807) is 62.5 Å². The van der Waals surface area contributed by atoms with E-state index in [-0.39, 0.29) is 12.5 Å². The van der Waals surface area contributed by atoms with E-state index in [2.05, 4.69) is 10.2 Å². The molecule has 0 unspecified atom stereocenters. The van der Waals surface area contributed by atoms with E-state index in [1.165, 1.54) is 12.1 Å². The van der Waals surface area contributed by atoms with Crippen molar-refractivity contribution in [3.05, 3.63) is 78.2 Å². The van der Waals surface area contributed by atoms with E-state index >= 15 is 0 Å². The van der Waals surface area contributed by atoms with Crippen molar-refractivity contribution in [1.29, 1.82) is 0 Å². The molecular formula is C25H21F3N6O2. The second-order valence-electron chi connectivity index (χ2n) is 9.15. The van der Waals surface area contributed by atoms with E-state index in [4.69, 9.17) is 0 Å². The Hall–Kier alpha value is -4.12. The summed E-state index contributed by atoms with van der Waals surface area (Å²) in [6, 6.07) is 12.0. The van der Waals surface area contributed by atoms with Crippen LogP contribution in [0.2, 0.25) is 0 Å². The number of aliphatic hydroxyl groups excluding tert-OH is 1. The molecule has 1 amide bonds. The third kappa shape index (κ3) is 3.30. The number of carbonyl (C=O) groups is 1. The molecule has 184 valence electrons. The van der Waals surface area contributed by atoms with E-state index in [1.807, 2.05) is 6.20 Å². The van der Waals surface area contributed by atoms with E-state index in [0.717, 1.165) is 28.4 Å². The minimum atomic E-state index is -4.42. The summed E-state index contributed by atoms with van der Waals surface area (Å²) in [7, 11) is 1.77. The highest BCUT2D eigenvalue weighted by molar-refractivity contribution is 6.10. The van der Waals surface area contributed by atoms with Crippen LogP contribution in [0.25, 0.3) is 27.6 Å². The Bertz CT molecular complexity index is 1590. The van der Waals surface area contributed by atoms with Crippen LogP contribution >= 0.6 is 0 Å². The van der Waals surface area contributed by atoms with Crippen LogP contribution in [0.15, 0.2) is 67.1 Å². The Labute approximate surface area is 202 Å². The third-order valence-electron chi connectivity index (χ3n) is 6.79. The molecule has 2 aromatic carbocycles. The van der Waals surface area contributed by atoms with Gasteiger partial charge < -0.3 is 10.0 Å². The normalized spacial score (nSPS) is 15.5. The molecule has 11 heteroatoms. The first kappa shape index (κ1) is 22.4. The van der Waals surface area contributed by atoms with Gasteiger partial charge in [-0.3, -0.25) is 18.7 Å². The second-order valence-corrected chi connectivity index (χ2v) is 9.15. The molecule has 0 spiro atoms. The fraction of sp³-hybridized carbons (Fsp3) is 0.240. The van der Waals surface area contributed by atoms with Gasteiger partial charge in [0.2, 0.25) is 0 Å². The molecule has 0 radical (unpaired) electrons. The molecule has 6 rings (SSSR count). The number of aryl methyl sites for hydroxylation is 1. The SMILES string of the molecule is Cn1cc2c3cc(C(=O)N4CC(CO)(n5cccn5)C4)ccc3n(-c3ccc(C(F)(F)F)cc3)c2n1. The van der Waals surface area contributed by atoms with Crippen molar-refractivity contribution in [2.24, 2.45) is 7.05 Å². The highest BCUT2D eigenvalue weighted by Crippen LogP contribution is 2.35. The van der Waals surface area contributed by atoms with Crippen LogP contribution in [0.4, 0.5) is 13.2 Å². The van der Waals surface area contributed by atoms with Gasteiger partial charge in [-0.05, 0) is 48.5 Å². The smallest absolute Gasteiger partial charge is 0.394 e. The van der Waals surface area contributed by atoms with Gasteiger partial charge in [-0.25, -0.2) is 0 Å². The molecule has 1 saturated heterocycles. The number of hydrogen-bond acceptors (Lipinski definition) is 4. The van der Waals surface area contributed by atoms with Crippen molar-refractivity contribution in [3.63, 3.8) is 0 Å². The van der Waals surface area contributed by atoms with E-state index < -0.39 is 17.3 Å². The average Bonchev–Trinajstić information content (AvgIpc) is 3.54. The molecule has 1 fully saturated rings. The first-order valence-electron chi connectivity index (χ1n) is 11.3. The molecule has 1 aliphatic heterocycles. The maximum Gasteiger partial charge on any atom is 0.416 e. The number of amides is 1. The van der Waals surface area contributed by atoms with Gasteiger partial charge >= 0.3 is 6.18 Å². The largest absolute Gasteiger partial charge is 0.416 e. The summed E-state index contributed by atoms with van der Waals surface area (Å²) in [5.74, 6) is -0.174. The minimum absolute atomic E-state index is 0.135. The lowest BCUT2D eigenvalue weighted by Crippen LogP contribution is -2.66. The lowest BCUT2D eigenvalue weighted by molar-refractivity contribution is -0.137. The maximum atomic E-state index is 13.3. The van der Waals surface area contributed by atoms with Crippen molar-refractivity contribution in [2.45, 2.75) is 11.7 Å². The Kier molecular flexibility index (Phi) is 4.77. The summed E-state index contributed by atoms with van der Waals surface area (Å²) in [5.41, 5.74) is 0.969. The van der Waals surface area contributed by atoms with Crippen molar-refractivity contribution in [1.82, 2.24) is 29.0 Å². The predicted molar refractivity (Wildman–Crippen MR) is 126 cm³/mol. The molecule has 0 bridgehead atoms. The number of halogens is 3. The monoisotopic (exact) mass is 494 g/mol. The van der Waals surface area contributed by atoms with Crippen molar-refractivity contribution < 1.29 is 23.1 Å². The zero-order valence-corrected chi connectivity index (χ0v) is 19.1. The fourth-order valence-electron chi connectivity index (χ4n) is 4.94. The van der Waals surface area contributed by atoms with Gasteiger partial charge in [-0.2, -0.15) is 23.4 Å². The van der Waals surface area contributed by atoms with Crippen molar-refractivity contribution in [2.75, 3.05) is 19.7 Å². The Morgan fingerprint density at radius 3 is 2.50 bits per heavy atom. The second kappa shape index (κ2) is 7.69. The Morgan fingerprint density at radius 1 is 1.11 bits per heavy atom. The number of rotatable bonds is 4. The number of likely N-dealkylation sites (tertiary alicyclic amines) is 1. The summed E-state index contributed by atoms with van der Waals surface area (Å²) in [6.45, 7) is 0.525. The molecule has 0 saturated carbocycles. The number of fused-ring (bicyclic) bond motifs is 3. The number of aliphatic hydroxyl groups is 1. The topological polar surface area (TPSA) is 81.1 Å². The molecule has 0 atom stereocenters. The van der Waals surface area contributed by atoms with Crippen LogP contribution in [-0.4, -0.2) is 59.7 Å². The van der Waals surface area contributed by atoms with Gasteiger partial charge in [0.1, 0.15) is 5.54 Å². The van der Waals surface area contributed by atoms with E-state index in [0.29, 0.717) is 30.0 Å². The zero-order valence-electron chi connectivity index (χ0n) is 19.1. The summed E-state index contributed by atoms with van der Waals surface area (Å²) in [4.78, 5) is 14.9. The molecule has 4 heterocycles. The highest BCUT2D eigenvalue weighted by atomic mass is 19.4. The van der Waals surface area contributed by atoms with Crippen LogP contribution in [0.1, 0.15) is 15.9 Å². The molecule has 1 aliphatic rings. The standard InChI is InChI=1S/C25H21F3N6O2/c1-31-12-20-19-11-16(23(36)32-13-24(14-32,15-35)33-10-2-9-29-33)3-8-21(19)34(22(20)30-31)18-6-4-17(5-7-18)25(26,27)28/h2-12,35H,13-15H2,1H3. The number of hydrogen-bond donors (Lipinski definition) is 1. The molecule has 8 nitrogen and oxygen atoms in total. The van der Waals surface area contributed by atoms with Gasteiger partial charge in [0, 0.05) is 47.7 Å². The maximum absolute atomic E-state index is 13.3. The summed E-state index contributed by atoms with van der Waals surface area (Å²) >= 11 is 0. The lowest BCUT2D eigenvalue weighted by Gasteiger charge is -2.49. The molecule has 1 N–H and O–H groups in total. The van der Waals surface area contributed by atoms with Gasteiger partial charge in [0.05, 0.1) is 30.8 Å². The first-order valence-corrected chi connectivity index (χ1v) is 11.3. The highest BCUT2D eigenvalue weighted by Gasteiger charge is 2.47. The number of carbonyl (C=O) groups excluding carboxylic acids is 1. The van der Waals surface area contributed by atoms with Crippen LogP contribution in [0, 0.1) is 0 Å². The summed E-state index contributed by atoms with van der Waals surface area (Å²) < 4.78 is 44.3. The van der Waals surface area contributed by atoms with Crippen molar-refractivity contribution >= 4 is 27.8 Å². The van der Waals surface area contributed by atoms with Gasteiger partial charge in [-0.1, -0.05) is 0 Å². The minimum Gasteiger partial charge on any atom is -0.394 e. The fourth-order valence-corrected chi connectivity index (χ4v) is 4.94. The van der Waals surface area contributed by atoms with Crippen LogP contribution in [0.5, 0.6) is 0 Å². The van der Waals surface area contributed by atoms with Gasteiger partial charge in [-0.15, -0.1) is 0 Å². The number of nitrogens with zero attached hydrogens (tertiary/aromatic N) is 6. The molecule has 5 aromatic rings. The number of benzene rings is 2. The van der Waals surface area contributed by atoms with Gasteiger partial charge in [0.15, 0.2) is 5.65 Å². The molecule has 0 aliphatic carbocycles. The Morgan fingerprint density at radius 2 is 1.86 bits per heavy atom. The van der Waals surface area contributed by atoms with Crippen LogP contribution < -0.4 is 0 Å². The zero-order chi connectivity index (χ0) is 25.2. The lowest BCUT2D eigenvalue weighted by atomic mass is 9.90. The van der Waals surface area contributed by atoms with E-state index in [9.17, 15) is 23.1 Å². The molecular weight excluding hydrogens is 473 g/mol. The predicted octanol–water partition coefficient (Wildman–Crippen LogP) is 3.58. The summed E-state index contributed by atoms with van der Waals surface area (Å²) in [5, 5.41) is 20.2. The molecule has 36 heavy (non-hydrogen) atoms. The van der Waals surface area contributed by atoms with Crippen LogP contribution in [-0.2, 0) is 18.8 Å². The van der Waals surface area contributed by atoms with Crippen molar-refractivity contribution in [3.8, 4) is 5.69 Å². The number of aromatic nitrogens is 5.